The molecule has 64 heavy (non-hydrogen) atoms. The summed E-state index contributed by atoms with van der Waals surface area (Å²) in [6.45, 7) is 3.30. The first-order chi connectivity index (χ1) is 31.0. The van der Waals surface area contributed by atoms with Gasteiger partial charge in [-0.3, -0.25) is 9.35 Å². The van der Waals surface area contributed by atoms with Crippen LogP contribution < -0.4 is 5.32 Å². The molecule has 13 heteroatoms. The third kappa shape index (κ3) is 33.7. The molecule has 0 aliphatic carbocycles. The topological polar surface area (TPSA) is 192 Å². The van der Waals surface area contributed by atoms with Crippen LogP contribution in [0.2, 0.25) is 0 Å². The van der Waals surface area contributed by atoms with Gasteiger partial charge in [-0.05, 0) is 44.9 Å². The maximum atomic E-state index is 13.1. The van der Waals surface area contributed by atoms with Crippen molar-refractivity contribution in [2.75, 3.05) is 13.2 Å². The second-order valence-corrected chi connectivity index (χ2v) is 19.1. The first-order valence-corrected chi connectivity index (χ1v) is 27.2. The average molecular weight is 930 g/mol. The molecule has 1 amide bonds. The van der Waals surface area contributed by atoms with Gasteiger partial charge in [-0.1, -0.05) is 211 Å². The number of aliphatic hydroxyl groups excluding tert-OH is 4. The number of nitrogens with one attached hydrogen (secondary N) is 1. The van der Waals surface area contributed by atoms with Crippen LogP contribution in [0.5, 0.6) is 0 Å². The molecule has 0 radical (unpaired) electrons. The van der Waals surface area contributed by atoms with E-state index in [1.807, 2.05) is 6.08 Å². The number of carbonyl (C=O) groups excluding carboxylic acids is 1. The predicted octanol–water partition coefficient (Wildman–Crippen LogP) is 11.1. The summed E-state index contributed by atoms with van der Waals surface area (Å²) >= 11 is 0. The number of ether oxygens (including phenoxy) is 2. The second kappa shape index (κ2) is 41.5. The molecule has 0 saturated carbocycles. The van der Waals surface area contributed by atoms with Crippen LogP contribution in [0.3, 0.4) is 0 Å². The fourth-order valence-electron chi connectivity index (χ4n) is 8.20. The Morgan fingerprint density at radius 1 is 0.641 bits per heavy atom. The minimum atomic E-state index is -5.09. The van der Waals surface area contributed by atoms with E-state index >= 15 is 0 Å². The fourth-order valence-corrected chi connectivity index (χ4v) is 8.71. The Balaban J connectivity index is 2.43. The molecule has 1 saturated heterocycles. The quantitative estimate of drug-likeness (QED) is 0.0194. The Labute approximate surface area is 390 Å². The number of amides is 1. The van der Waals surface area contributed by atoms with Crippen molar-refractivity contribution in [3.05, 3.63) is 36.5 Å². The summed E-state index contributed by atoms with van der Waals surface area (Å²) in [4.78, 5) is 13.1. The summed E-state index contributed by atoms with van der Waals surface area (Å²) in [6.07, 6.45) is 41.8. The number of unbranched alkanes of at least 4 members (excludes halogenated alkanes) is 28. The summed E-state index contributed by atoms with van der Waals surface area (Å²) in [5.41, 5.74) is 0. The van der Waals surface area contributed by atoms with E-state index in [1.54, 1.807) is 6.08 Å². The van der Waals surface area contributed by atoms with Gasteiger partial charge in [0.2, 0.25) is 5.91 Å². The number of rotatable bonds is 44. The molecule has 6 N–H and O–H groups in total. The van der Waals surface area contributed by atoms with Gasteiger partial charge in [-0.15, -0.1) is 0 Å². The molecule has 7 unspecified atom stereocenters. The predicted molar refractivity (Wildman–Crippen MR) is 259 cm³/mol. The minimum absolute atomic E-state index is 0.262. The lowest BCUT2D eigenvalue weighted by molar-refractivity contribution is -0.298. The summed E-state index contributed by atoms with van der Waals surface area (Å²) in [7, 11) is -5.09. The normalized spacial score (nSPS) is 20.5. The first kappa shape index (κ1) is 60.3. The highest BCUT2D eigenvalue weighted by Gasteiger charge is 2.48. The monoisotopic (exact) mass is 930 g/mol. The van der Waals surface area contributed by atoms with Crippen molar-refractivity contribution in [2.45, 2.75) is 269 Å². The minimum Gasteiger partial charge on any atom is -0.394 e. The van der Waals surface area contributed by atoms with E-state index in [1.165, 1.54) is 148 Å². The number of hydrogen-bond donors (Lipinski definition) is 6. The highest BCUT2D eigenvalue weighted by molar-refractivity contribution is 7.80. The van der Waals surface area contributed by atoms with Crippen LogP contribution >= 0.6 is 0 Å². The van der Waals surface area contributed by atoms with Gasteiger partial charge in [-0.2, -0.15) is 8.42 Å². The van der Waals surface area contributed by atoms with Crippen molar-refractivity contribution in [1.29, 1.82) is 0 Å². The SMILES string of the molecule is CC/C=C\C/C=C\CCCCCCCCCCCCCCCCC(=O)NC(COC1OC(CO)C(O)C(OS(=O)(=O)O)C1O)C(O)/C=C/CCCCCCCCCCCCCCCC. The van der Waals surface area contributed by atoms with E-state index in [0.717, 1.165) is 51.4 Å². The van der Waals surface area contributed by atoms with Crippen LogP contribution in [0.4, 0.5) is 0 Å². The molecular weight excluding hydrogens is 835 g/mol. The summed E-state index contributed by atoms with van der Waals surface area (Å²) < 4.78 is 47.7. The van der Waals surface area contributed by atoms with Gasteiger partial charge >= 0.3 is 10.4 Å². The Hall–Kier alpha value is -1.68. The Bertz CT molecular complexity index is 1280. The van der Waals surface area contributed by atoms with E-state index in [-0.39, 0.29) is 18.9 Å². The molecular formula is C51H95NO11S. The van der Waals surface area contributed by atoms with E-state index in [9.17, 15) is 38.2 Å². The van der Waals surface area contributed by atoms with Gasteiger partial charge in [0.1, 0.15) is 24.4 Å². The lowest BCUT2D eigenvalue weighted by Gasteiger charge is -2.41. The number of aliphatic hydroxyl groups is 4. The van der Waals surface area contributed by atoms with Gasteiger partial charge in [0, 0.05) is 6.42 Å². The number of allylic oxidation sites excluding steroid dienone is 5. The maximum absolute atomic E-state index is 13.1. The smallest absolute Gasteiger partial charge is 0.394 e. The lowest BCUT2D eigenvalue weighted by Crippen LogP contribution is -2.61. The Kier molecular flexibility index (Phi) is 39.1. The highest BCUT2D eigenvalue weighted by Crippen LogP contribution is 2.26. The molecule has 7 atom stereocenters. The molecule has 1 rings (SSSR count). The largest absolute Gasteiger partial charge is 0.397 e. The molecule has 0 aromatic heterocycles. The first-order valence-electron chi connectivity index (χ1n) is 25.9. The maximum Gasteiger partial charge on any atom is 0.397 e. The number of carbonyl (C=O) groups is 1. The Morgan fingerprint density at radius 3 is 1.56 bits per heavy atom. The molecule has 0 aromatic rings. The molecule has 1 aliphatic rings. The van der Waals surface area contributed by atoms with Gasteiger partial charge in [0.25, 0.3) is 0 Å². The van der Waals surface area contributed by atoms with Crippen molar-refractivity contribution in [3.8, 4) is 0 Å². The molecule has 0 bridgehead atoms. The zero-order valence-electron chi connectivity index (χ0n) is 40.3. The van der Waals surface area contributed by atoms with E-state index < -0.39 is 59.9 Å². The fraction of sp³-hybridized carbons (Fsp3) is 0.863. The molecule has 1 aliphatic heterocycles. The zero-order chi connectivity index (χ0) is 46.9. The highest BCUT2D eigenvalue weighted by atomic mass is 32.3. The average Bonchev–Trinajstić information content (AvgIpc) is 3.27. The van der Waals surface area contributed by atoms with Gasteiger partial charge in [0.05, 0.1) is 25.4 Å². The molecule has 1 fully saturated rings. The van der Waals surface area contributed by atoms with Crippen LogP contribution in [0.1, 0.15) is 226 Å². The van der Waals surface area contributed by atoms with Crippen LogP contribution in [0.15, 0.2) is 36.5 Å². The van der Waals surface area contributed by atoms with Crippen LogP contribution in [-0.4, -0.2) is 95.4 Å². The van der Waals surface area contributed by atoms with Gasteiger partial charge in [-0.25, -0.2) is 4.18 Å². The van der Waals surface area contributed by atoms with Crippen LogP contribution in [-0.2, 0) is 28.9 Å². The third-order valence-electron chi connectivity index (χ3n) is 12.2. The van der Waals surface area contributed by atoms with Gasteiger partial charge < -0.3 is 35.2 Å². The van der Waals surface area contributed by atoms with Crippen molar-refractivity contribution < 1.29 is 51.8 Å². The second-order valence-electron chi connectivity index (χ2n) is 18.1. The van der Waals surface area contributed by atoms with Crippen molar-refractivity contribution in [3.63, 3.8) is 0 Å². The number of hydrogen-bond acceptors (Lipinski definition) is 10. The van der Waals surface area contributed by atoms with Crippen molar-refractivity contribution in [1.82, 2.24) is 5.32 Å². The summed E-state index contributed by atoms with van der Waals surface area (Å²) in [6, 6.07) is -0.943. The van der Waals surface area contributed by atoms with E-state index in [2.05, 4.69) is 47.7 Å². The van der Waals surface area contributed by atoms with Gasteiger partial charge in [0.15, 0.2) is 6.29 Å². The van der Waals surface area contributed by atoms with E-state index in [4.69, 9.17) is 9.47 Å². The van der Waals surface area contributed by atoms with Crippen LogP contribution in [0.25, 0.3) is 0 Å². The third-order valence-corrected chi connectivity index (χ3v) is 12.6. The lowest BCUT2D eigenvalue weighted by atomic mass is 9.99. The molecule has 1 heterocycles. The molecule has 0 spiro atoms. The summed E-state index contributed by atoms with van der Waals surface area (Å²) in [5, 5.41) is 44.8. The van der Waals surface area contributed by atoms with E-state index in [0.29, 0.717) is 6.42 Å². The summed E-state index contributed by atoms with van der Waals surface area (Å²) in [5.74, 6) is -0.262. The Morgan fingerprint density at radius 2 is 1.09 bits per heavy atom. The van der Waals surface area contributed by atoms with Crippen LogP contribution in [0, 0.1) is 0 Å². The standard InChI is InChI=1S/C51H95NO11S/c1-3-5-7-9-11-13-15-17-19-21-22-23-24-25-27-29-31-33-35-37-39-41-47(55)52-44(43-61-51-49(57)50(63-64(58,59)60)48(56)46(42-53)62-51)45(54)40-38-36-34-32-30-28-26-20-18-16-14-12-10-8-6-4-2/h5,7,11,13,38,40,44-46,48-51,53-54,56-57H,3-4,6,8-10,12,14-37,39,41-43H2,1-2H3,(H,52,55)(H,58,59,60)/b7-5-,13-11-,40-38+. The molecule has 376 valence electrons. The molecule has 12 nitrogen and oxygen atoms in total. The molecule has 0 aromatic carbocycles. The van der Waals surface area contributed by atoms with Crippen molar-refractivity contribution in [2.24, 2.45) is 0 Å². The zero-order valence-corrected chi connectivity index (χ0v) is 41.2. The van der Waals surface area contributed by atoms with Crippen molar-refractivity contribution >= 4 is 16.3 Å².